The lowest BCUT2D eigenvalue weighted by Gasteiger charge is -2.20. The fourth-order valence-electron chi connectivity index (χ4n) is 1.99. The molecule has 2 heterocycles. The van der Waals surface area contributed by atoms with Crippen LogP contribution in [0, 0.1) is 0 Å². The lowest BCUT2D eigenvalue weighted by Crippen LogP contribution is -2.34. The molecule has 5 heteroatoms. The van der Waals surface area contributed by atoms with Gasteiger partial charge in [0.25, 0.3) is 0 Å². The predicted molar refractivity (Wildman–Crippen MR) is 62.3 cm³/mol. The highest BCUT2D eigenvalue weighted by atomic mass is 35.5. The molecule has 0 unspecified atom stereocenters. The average molecular weight is 242 g/mol. The summed E-state index contributed by atoms with van der Waals surface area (Å²) in [6, 6.07) is 0. The van der Waals surface area contributed by atoms with Gasteiger partial charge in [-0.15, -0.1) is 0 Å². The Hall–Kier alpha value is -1.03. The van der Waals surface area contributed by atoms with Crippen LogP contribution in [-0.4, -0.2) is 33.4 Å². The molecule has 0 aliphatic carbocycles. The van der Waals surface area contributed by atoms with Crippen LogP contribution in [0.1, 0.15) is 25.7 Å². The lowest BCUT2D eigenvalue weighted by molar-refractivity contribution is -0.131. The number of nitrogens with zero attached hydrogens (tertiary/aromatic N) is 3. The standard InChI is InChI=1S/C11H16ClN3O/c12-11-13-5-8-15(11)9-10(16)14-6-3-1-2-4-7-14/h5,8H,1-4,6-7,9H2. The van der Waals surface area contributed by atoms with Crippen molar-refractivity contribution in [2.75, 3.05) is 13.1 Å². The summed E-state index contributed by atoms with van der Waals surface area (Å²) in [6.45, 7) is 2.06. The summed E-state index contributed by atoms with van der Waals surface area (Å²) >= 11 is 5.84. The summed E-state index contributed by atoms with van der Waals surface area (Å²) in [7, 11) is 0. The molecule has 88 valence electrons. The van der Waals surface area contributed by atoms with E-state index < -0.39 is 0 Å². The van der Waals surface area contributed by atoms with Crippen LogP contribution in [0.2, 0.25) is 5.28 Å². The Balaban J connectivity index is 1.94. The highest BCUT2D eigenvalue weighted by Gasteiger charge is 2.16. The second-order valence-corrected chi connectivity index (χ2v) is 4.46. The van der Waals surface area contributed by atoms with Gasteiger partial charge in [-0.2, -0.15) is 0 Å². The molecule has 16 heavy (non-hydrogen) atoms. The number of amides is 1. The molecule has 0 spiro atoms. The Bertz CT molecular complexity index is 356. The van der Waals surface area contributed by atoms with E-state index in [0.29, 0.717) is 11.8 Å². The smallest absolute Gasteiger partial charge is 0.242 e. The van der Waals surface area contributed by atoms with Crippen molar-refractivity contribution < 1.29 is 4.79 Å². The Morgan fingerprint density at radius 1 is 1.31 bits per heavy atom. The van der Waals surface area contributed by atoms with Crippen LogP contribution in [-0.2, 0) is 11.3 Å². The van der Waals surface area contributed by atoms with Crippen molar-refractivity contribution in [1.29, 1.82) is 0 Å². The maximum absolute atomic E-state index is 12.0. The average Bonchev–Trinajstić information content (AvgIpc) is 2.57. The number of likely N-dealkylation sites (tertiary alicyclic amines) is 1. The first-order valence-electron chi connectivity index (χ1n) is 5.72. The highest BCUT2D eigenvalue weighted by molar-refractivity contribution is 6.28. The molecule has 0 saturated carbocycles. The van der Waals surface area contributed by atoms with Gasteiger partial charge in [0, 0.05) is 25.5 Å². The van der Waals surface area contributed by atoms with Crippen LogP contribution < -0.4 is 0 Å². The molecule has 0 bridgehead atoms. The first kappa shape index (κ1) is 11.5. The minimum Gasteiger partial charge on any atom is -0.341 e. The summed E-state index contributed by atoms with van der Waals surface area (Å²) in [5.74, 6) is 0.141. The van der Waals surface area contributed by atoms with Crippen molar-refractivity contribution in [3.63, 3.8) is 0 Å². The molecule has 1 aromatic heterocycles. The van der Waals surface area contributed by atoms with Crippen molar-refractivity contribution >= 4 is 17.5 Å². The van der Waals surface area contributed by atoms with Gasteiger partial charge >= 0.3 is 0 Å². The van der Waals surface area contributed by atoms with Crippen molar-refractivity contribution in [1.82, 2.24) is 14.5 Å². The van der Waals surface area contributed by atoms with E-state index in [0.717, 1.165) is 25.9 Å². The zero-order valence-electron chi connectivity index (χ0n) is 9.23. The zero-order valence-corrected chi connectivity index (χ0v) is 9.99. The van der Waals surface area contributed by atoms with Crippen molar-refractivity contribution in [3.8, 4) is 0 Å². The SMILES string of the molecule is O=C(Cn1ccnc1Cl)N1CCCCCC1. The van der Waals surface area contributed by atoms with Gasteiger partial charge in [-0.05, 0) is 24.4 Å². The second-order valence-electron chi connectivity index (χ2n) is 4.12. The van der Waals surface area contributed by atoms with E-state index in [1.165, 1.54) is 12.8 Å². The Kier molecular flexibility index (Phi) is 3.83. The molecule has 1 fully saturated rings. The van der Waals surface area contributed by atoms with Gasteiger partial charge in [-0.1, -0.05) is 12.8 Å². The van der Waals surface area contributed by atoms with Gasteiger partial charge in [0.2, 0.25) is 11.2 Å². The van der Waals surface area contributed by atoms with Gasteiger partial charge in [0.05, 0.1) is 0 Å². The third kappa shape index (κ3) is 2.76. The molecule has 1 aliphatic heterocycles. The Morgan fingerprint density at radius 2 is 2.00 bits per heavy atom. The second kappa shape index (κ2) is 5.34. The fourth-order valence-corrected chi connectivity index (χ4v) is 2.17. The number of imidazole rings is 1. The highest BCUT2D eigenvalue weighted by Crippen LogP contribution is 2.11. The van der Waals surface area contributed by atoms with Crippen LogP contribution in [0.5, 0.6) is 0 Å². The quantitative estimate of drug-likeness (QED) is 0.794. The number of aromatic nitrogens is 2. The molecule has 0 aromatic carbocycles. The monoisotopic (exact) mass is 241 g/mol. The molecular weight excluding hydrogens is 226 g/mol. The van der Waals surface area contributed by atoms with Gasteiger partial charge in [0.1, 0.15) is 6.54 Å². The third-order valence-electron chi connectivity index (χ3n) is 2.93. The molecule has 1 amide bonds. The molecule has 4 nitrogen and oxygen atoms in total. The number of hydrogen-bond acceptors (Lipinski definition) is 2. The van der Waals surface area contributed by atoms with Gasteiger partial charge in [-0.25, -0.2) is 4.98 Å². The van der Waals surface area contributed by atoms with E-state index in [9.17, 15) is 4.79 Å². The molecule has 0 radical (unpaired) electrons. The summed E-state index contributed by atoms with van der Waals surface area (Å²) < 4.78 is 1.68. The first-order chi connectivity index (χ1) is 7.77. The number of carbonyl (C=O) groups is 1. The minimum atomic E-state index is 0.141. The van der Waals surface area contributed by atoms with Crippen molar-refractivity contribution in [3.05, 3.63) is 17.7 Å². The molecule has 1 aromatic rings. The van der Waals surface area contributed by atoms with Gasteiger partial charge in [-0.3, -0.25) is 4.79 Å². The van der Waals surface area contributed by atoms with E-state index in [2.05, 4.69) is 4.98 Å². The van der Waals surface area contributed by atoms with E-state index in [-0.39, 0.29) is 5.91 Å². The van der Waals surface area contributed by atoms with Crippen molar-refractivity contribution in [2.45, 2.75) is 32.2 Å². The molecule has 0 atom stereocenters. The van der Waals surface area contributed by atoms with Gasteiger partial charge in [0.15, 0.2) is 0 Å². The van der Waals surface area contributed by atoms with E-state index in [1.54, 1.807) is 17.0 Å². The topological polar surface area (TPSA) is 38.1 Å². The number of hydrogen-bond donors (Lipinski definition) is 0. The van der Waals surface area contributed by atoms with Gasteiger partial charge < -0.3 is 9.47 Å². The van der Waals surface area contributed by atoms with Crippen LogP contribution in [0.15, 0.2) is 12.4 Å². The molecule has 1 saturated heterocycles. The minimum absolute atomic E-state index is 0.141. The maximum atomic E-state index is 12.0. The van der Waals surface area contributed by atoms with E-state index >= 15 is 0 Å². The van der Waals surface area contributed by atoms with Crippen LogP contribution in [0.4, 0.5) is 0 Å². The van der Waals surface area contributed by atoms with Crippen molar-refractivity contribution in [2.24, 2.45) is 0 Å². The number of rotatable bonds is 2. The lowest BCUT2D eigenvalue weighted by atomic mass is 10.2. The summed E-state index contributed by atoms with van der Waals surface area (Å²) in [6.07, 6.45) is 8.04. The predicted octanol–water partition coefficient (Wildman–Crippen LogP) is 1.94. The molecule has 2 rings (SSSR count). The fraction of sp³-hybridized carbons (Fsp3) is 0.636. The van der Waals surface area contributed by atoms with E-state index in [4.69, 9.17) is 11.6 Å². The number of halogens is 1. The van der Waals surface area contributed by atoms with Crippen LogP contribution in [0.3, 0.4) is 0 Å². The Morgan fingerprint density at radius 3 is 2.56 bits per heavy atom. The summed E-state index contributed by atoms with van der Waals surface area (Å²) in [4.78, 5) is 17.8. The zero-order chi connectivity index (χ0) is 11.4. The van der Waals surface area contributed by atoms with Crippen LogP contribution >= 0.6 is 11.6 Å². The Labute approximate surface area is 100 Å². The van der Waals surface area contributed by atoms with Crippen LogP contribution in [0.25, 0.3) is 0 Å². The first-order valence-corrected chi connectivity index (χ1v) is 6.09. The normalized spacial score (nSPS) is 17.2. The summed E-state index contributed by atoms with van der Waals surface area (Å²) in [5, 5.41) is 0.378. The molecular formula is C11H16ClN3O. The largest absolute Gasteiger partial charge is 0.341 e. The third-order valence-corrected chi connectivity index (χ3v) is 3.24. The van der Waals surface area contributed by atoms with E-state index in [1.807, 2.05) is 4.90 Å². The number of carbonyl (C=O) groups excluding carboxylic acids is 1. The molecule has 0 N–H and O–H groups in total. The molecule has 1 aliphatic rings. The summed E-state index contributed by atoms with van der Waals surface area (Å²) in [5.41, 5.74) is 0. The maximum Gasteiger partial charge on any atom is 0.242 e.